The number of ether oxygens (including phenoxy) is 1. The van der Waals surface area contributed by atoms with Crippen LogP contribution in [0.25, 0.3) is 0 Å². The molecule has 1 atom stereocenters. The van der Waals surface area contributed by atoms with E-state index in [0.717, 1.165) is 36.7 Å². The number of likely N-dealkylation sites (tertiary alicyclic amines) is 1. The molecule has 2 aromatic rings. The lowest BCUT2D eigenvalue weighted by Crippen LogP contribution is -2.41. The number of piperidine rings is 1. The molecular formula is C18H23N5O2. The van der Waals surface area contributed by atoms with Gasteiger partial charge < -0.3 is 15.0 Å². The fraction of sp³-hybridized carbons (Fsp3) is 0.444. The van der Waals surface area contributed by atoms with Crippen molar-refractivity contribution in [3.63, 3.8) is 0 Å². The number of anilines is 2. The first-order valence-corrected chi connectivity index (χ1v) is 8.46. The van der Waals surface area contributed by atoms with Crippen LogP contribution in [-0.4, -0.2) is 52.6 Å². The Morgan fingerprint density at radius 3 is 3.00 bits per heavy atom. The highest BCUT2D eigenvalue weighted by Crippen LogP contribution is 2.27. The molecular weight excluding hydrogens is 318 g/mol. The van der Waals surface area contributed by atoms with Gasteiger partial charge in [-0.1, -0.05) is 6.07 Å². The number of carbonyl (C=O) groups is 1. The van der Waals surface area contributed by atoms with Crippen molar-refractivity contribution in [1.29, 1.82) is 0 Å². The van der Waals surface area contributed by atoms with E-state index in [-0.39, 0.29) is 18.4 Å². The maximum atomic E-state index is 12.1. The van der Waals surface area contributed by atoms with Crippen molar-refractivity contribution in [2.45, 2.75) is 25.7 Å². The number of hydrogen-bond acceptors (Lipinski definition) is 6. The normalized spacial score (nSPS) is 17.4. The van der Waals surface area contributed by atoms with Crippen LogP contribution in [-0.2, 0) is 9.53 Å². The summed E-state index contributed by atoms with van der Waals surface area (Å²) in [7, 11) is 1.54. The number of nitrogens with zero attached hydrogens (tertiary/aromatic N) is 4. The molecule has 1 aliphatic heterocycles. The Labute approximate surface area is 147 Å². The molecule has 0 unspecified atom stereocenters. The van der Waals surface area contributed by atoms with Gasteiger partial charge in [0.25, 0.3) is 0 Å². The van der Waals surface area contributed by atoms with Crippen LogP contribution in [0.5, 0.6) is 0 Å². The molecule has 0 spiro atoms. The number of carbonyl (C=O) groups excluding carboxylic acids is 1. The largest absolute Gasteiger partial charge is 0.375 e. The number of aryl methyl sites for hydroxylation is 1. The van der Waals surface area contributed by atoms with Crippen molar-refractivity contribution >= 4 is 17.5 Å². The minimum atomic E-state index is 0.0322. The average Bonchev–Trinajstić information content (AvgIpc) is 2.62. The van der Waals surface area contributed by atoms with E-state index in [1.807, 2.05) is 36.1 Å². The third kappa shape index (κ3) is 4.51. The molecule has 0 aromatic carbocycles. The molecule has 25 heavy (non-hydrogen) atoms. The van der Waals surface area contributed by atoms with Gasteiger partial charge in [-0.05, 0) is 31.9 Å². The second-order valence-electron chi connectivity index (χ2n) is 6.18. The van der Waals surface area contributed by atoms with E-state index in [0.29, 0.717) is 12.4 Å². The summed E-state index contributed by atoms with van der Waals surface area (Å²) >= 11 is 0. The first-order valence-electron chi connectivity index (χ1n) is 8.46. The summed E-state index contributed by atoms with van der Waals surface area (Å²) in [5, 5.41) is 3.22. The van der Waals surface area contributed by atoms with Crippen LogP contribution in [0, 0.1) is 6.92 Å². The van der Waals surface area contributed by atoms with E-state index in [4.69, 9.17) is 4.74 Å². The molecule has 1 fully saturated rings. The summed E-state index contributed by atoms with van der Waals surface area (Å²) < 4.78 is 4.97. The van der Waals surface area contributed by atoms with E-state index in [1.165, 1.54) is 0 Å². The molecule has 3 heterocycles. The van der Waals surface area contributed by atoms with Crippen molar-refractivity contribution in [2.75, 3.05) is 32.1 Å². The van der Waals surface area contributed by atoms with Gasteiger partial charge in [-0.2, -0.15) is 0 Å². The van der Waals surface area contributed by atoms with Crippen LogP contribution in [0.4, 0.5) is 11.6 Å². The molecule has 0 radical (unpaired) electrons. The van der Waals surface area contributed by atoms with Gasteiger partial charge in [0.1, 0.15) is 24.1 Å². The standard InChI is InChI=1S/C18H23N5O2/c1-13-20-15(10-17(21-13)22-16-7-3-4-8-19-16)14-6-5-9-23(11-14)18(24)12-25-2/h3-4,7-8,10,14H,5-6,9,11-12H2,1-2H3,(H,19,20,21,22)/t14-/m0/s1. The average molecular weight is 341 g/mol. The number of nitrogens with one attached hydrogen (secondary N) is 1. The summed E-state index contributed by atoms with van der Waals surface area (Å²) in [5.74, 6) is 2.41. The molecule has 0 aliphatic carbocycles. The Morgan fingerprint density at radius 2 is 2.24 bits per heavy atom. The highest BCUT2D eigenvalue weighted by Gasteiger charge is 2.26. The summed E-state index contributed by atoms with van der Waals surface area (Å²) in [5.41, 5.74) is 0.959. The second kappa shape index (κ2) is 8.02. The van der Waals surface area contributed by atoms with Crippen molar-refractivity contribution in [1.82, 2.24) is 19.9 Å². The van der Waals surface area contributed by atoms with Gasteiger partial charge in [0.05, 0.1) is 5.69 Å². The highest BCUT2D eigenvalue weighted by molar-refractivity contribution is 5.77. The third-order valence-corrected chi connectivity index (χ3v) is 4.24. The molecule has 1 aliphatic rings. The summed E-state index contributed by atoms with van der Waals surface area (Å²) in [6, 6.07) is 7.64. The number of methoxy groups -OCH3 is 1. The van der Waals surface area contributed by atoms with Gasteiger partial charge in [0, 0.05) is 38.4 Å². The molecule has 1 amide bonds. The van der Waals surface area contributed by atoms with E-state index >= 15 is 0 Å². The predicted molar refractivity (Wildman–Crippen MR) is 94.7 cm³/mol. The van der Waals surface area contributed by atoms with Crippen molar-refractivity contribution in [2.24, 2.45) is 0 Å². The molecule has 3 rings (SSSR count). The zero-order valence-electron chi connectivity index (χ0n) is 14.6. The maximum absolute atomic E-state index is 12.1. The van der Waals surface area contributed by atoms with Gasteiger partial charge >= 0.3 is 0 Å². The molecule has 1 saturated heterocycles. The Kier molecular flexibility index (Phi) is 5.55. The number of pyridine rings is 1. The first kappa shape index (κ1) is 17.3. The van der Waals surface area contributed by atoms with Crippen molar-refractivity contribution in [3.05, 3.63) is 42.0 Å². The maximum Gasteiger partial charge on any atom is 0.248 e. The minimum absolute atomic E-state index is 0.0322. The Balaban J connectivity index is 1.76. The van der Waals surface area contributed by atoms with Crippen LogP contribution >= 0.6 is 0 Å². The fourth-order valence-electron chi connectivity index (χ4n) is 3.09. The van der Waals surface area contributed by atoms with E-state index < -0.39 is 0 Å². The van der Waals surface area contributed by atoms with Crippen molar-refractivity contribution in [3.8, 4) is 0 Å². The summed E-state index contributed by atoms with van der Waals surface area (Å²) in [6.45, 7) is 3.45. The Morgan fingerprint density at radius 1 is 1.36 bits per heavy atom. The fourth-order valence-corrected chi connectivity index (χ4v) is 3.09. The second-order valence-corrected chi connectivity index (χ2v) is 6.18. The molecule has 0 saturated carbocycles. The lowest BCUT2D eigenvalue weighted by molar-refractivity contribution is -0.136. The lowest BCUT2D eigenvalue weighted by atomic mass is 9.94. The van der Waals surface area contributed by atoms with Gasteiger partial charge in [-0.25, -0.2) is 15.0 Å². The highest BCUT2D eigenvalue weighted by atomic mass is 16.5. The molecule has 132 valence electrons. The summed E-state index contributed by atoms with van der Waals surface area (Å²) in [6.07, 6.45) is 3.71. The quantitative estimate of drug-likeness (QED) is 0.899. The SMILES string of the molecule is COCC(=O)N1CCC[C@H](c2cc(Nc3ccccn3)nc(C)n2)C1. The van der Waals surface area contributed by atoms with E-state index in [2.05, 4.69) is 20.3 Å². The van der Waals surface area contributed by atoms with Crippen LogP contribution in [0.3, 0.4) is 0 Å². The summed E-state index contributed by atoms with van der Waals surface area (Å²) in [4.78, 5) is 27.3. The molecule has 2 aromatic heterocycles. The van der Waals surface area contributed by atoms with Crippen LogP contribution < -0.4 is 5.32 Å². The molecule has 0 bridgehead atoms. The third-order valence-electron chi connectivity index (χ3n) is 4.24. The lowest BCUT2D eigenvalue weighted by Gasteiger charge is -2.32. The zero-order chi connectivity index (χ0) is 17.6. The first-order chi connectivity index (χ1) is 12.2. The van der Waals surface area contributed by atoms with Gasteiger partial charge in [-0.15, -0.1) is 0 Å². The monoisotopic (exact) mass is 341 g/mol. The van der Waals surface area contributed by atoms with Crippen LogP contribution in [0.15, 0.2) is 30.5 Å². The topological polar surface area (TPSA) is 80.2 Å². The van der Waals surface area contributed by atoms with E-state index in [1.54, 1.807) is 13.3 Å². The number of amides is 1. The molecule has 1 N–H and O–H groups in total. The van der Waals surface area contributed by atoms with Crippen LogP contribution in [0.1, 0.15) is 30.3 Å². The molecule has 7 heteroatoms. The van der Waals surface area contributed by atoms with Gasteiger partial charge in [0.2, 0.25) is 5.91 Å². The van der Waals surface area contributed by atoms with Gasteiger partial charge in [-0.3, -0.25) is 4.79 Å². The van der Waals surface area contributed by atoms with Gasteiger partial charge in [0.15, 0.2) is 0 Å². The zero-order valence-corrected chi connectivity index (χ0v) is 14.6. The minimum Gasteiger partial charge on any atom is -0.375 e. The smallest absolute Gasteiger partial charge is 0.248 e. The number of hydrogen-bond donors (Lipinski definition) is 1. The number of aromatic nitrogens is 3. The Bertz CT molecular complexity index is 723. The van der Waals surface area contributed by atoms with E-state index in [9.17, 15) is 4.79 Å². The predicted octanol–water partition coefficient (Wildman–Crippen LogP) is 2.28. The van der Waals surface area contributed by atoms with Crippen molar-refractivity contribution < 1.29 is 9.53 Å². The Hall–Kier alpha value is -2.54. The number of rotatable bonds is 5. The molecule has 7 nitrogen and oxygen atoms in total. The van der Waals surface area contributed by atoms with Crippen LogP contribution in [0.2, 0.25) is 0 Å².